The molecule has 0 amide bonds. The van der Waals surface area contributed by atoms with Crippen molar-refractivity contribution in [2.75, 3.05) is 20.3 Å². The van der Waals surface area contributed by atoms with Crippen molar-refractivity contribution in [3.05, 3.63) is 30.1 Å². The second-order valence-corrected chi connectivity index (χ2v) is 7.97. The zero-order chi connectivity index (χ0) is 25.3. The fraction of sp³-hybridized carbons (Fsp3) is 0.550. The molecule has 2 unspecified atom stereocenters. The van der Waals surface area contributed by atoms with Crippen molar-refractivity contribution in [1.82, 2.24) is 14.5 Å². The smallest absolute Gasteiger partial charge is 0.475 e. The largest absolute Gasteiger partial charge is 0.490 e. The Labute approximate surface area is 189 Å². The molecule has 2 bridgehead atoms. The molecule has 2 saturated heterocycles. The van der Waals surface area contributed by atoms with E-state index in [0.717, 1.165) is 4.57 Å². The van der Waals surface area contributed by atoms with Gasteiger partial charge in [-0.05, 0) is 19.2 Å². The Morgan fingerprint density at radius 2 is 1.76 bits per heavy atom. The molecular formula is C20H21F6N3O5. The first-order valence-corrected chi connectivity index (χ1v) is 10.1. The average Bonchev–Trinajstić information content (AvgIpc) is 3.06. The van der Waals surface area contributed by atoms with Gasteiger partial charge >= 0.3 is 24.3 Å². The van der Waals surface area contributed by atoms with Crippen LogP contribution in [0.2, 0.25) is 0 Å². The van der Waals surface area contributed by atoms with Crippen LogP contribution in [0.5, 0.6) is 0 Å². The summed E-state index contributed by atoms with van der Waals surface area (Å²) >= 11 is 0. The Kier molecular flexibility index (Phi) is 7.41. The molecule has 0 aromatic carbocycles. The van der Waals surface area contributed by atoms with E-state index in [9.17, 15) is 31.1 Å². The van der Waals surface area contributed by atoms with Crippen LogP contribution in [0.3, 0.4) is 0 Å². The molecule has 4 rings (SSSR count). The summed E-state index contributed by atoms with van der Waals surface area (Å²) in [7, 11) is 2.03. The van der Waals surface area contributed by atoms with Crippen LogP contribution in [0.4, 0.5) is 26.3 Å². The highest BCUT2D eigenvalue weighted by molar-refractivity contribution is 6.03. The van der Waals surface area contributed by atoms with Gasteiger partial charge in [-0.1, -0.05) is 0 Å². The number of fused-ring (bicyclic) bond motifs is 3. The number of esters is 1. The van der Waals surface area contributed by atoms with Crippen molar-refractivity contribution in [2.24, 2.45) is 0 Å². The molecule has 0 aliphatic carbocycles. The molecule has 8 nitrogen and oxygen atoms in total. The minimum Gasteiger partial charge on any atom is -0.475 e. The maximum atomic E-state index is 12.8. The number of morpholine rings is 1. The SMILES string of the molecule is CN1C2COCC1CC(OC(=O)c1cn(CC(F)(F)F)c3ncccc13)C2.O=C(O)C(F)(F)F. The van der Waals surface area contributed by atoms with E-state index in [1.54, 1.807) is 12.1 Å². The van der Waals surface area contributed by atoms with Crippen LogP contribution < -0.4 is 0 Å². The first-order chi connectivity index (χ1) is 15.8. The van der Waals surface area contributed by atoms with Crippen LogP contribution in [0.15, 0.2) is 24.5 Å². The molecule has 2 aromatic rings. The molecular weight excluding hydrogens is 476 g/mol. The topological polar surface area (TPSA) is 93.9 Å². The lowest BCUT2D eigenvalue weighted by Crippen LogP contribution is -2.56. The van der Waals surface area contributed by atoms with Crippen molar-refractivity contribution in [3.63, 3.8) is 0 Å². The highest BCUT2D eigenvalue weighted by atomic mass is 19.4. The summed E-state index contributed by atoms with van der Waals surface area (Å²) in [5.41, 5.74) is 0.234. The van der Waals surface area contributed by atoms with E-state index >= 15 is 0 Å². The number of halogens is 6. The molecule has 2 atom stereocenters. The zero-order valence-corrected chi connectivity index (χ0v) is 17.8. The van der Waals surface area contributed by atoms with Crippen LogP contribution in [-0.4, -0.2) is 82.3 Å². The standard InChI is InChI=1S/C18H20F3N3O3.C2HF3O2/c1-23-11-5-13(6-12(23)9-26-8-11)27-17(25)15-7-24(10-18(19,20)21)16-14(15)3-2-4-22-16;3-2(4,5)1(6)7/h2-4,7,11-13H,5-6,8-10H2,1H3;(H,6,7). The predicted molar refractivity (Wildman–Crippen MR) is 104 cm³/mol. The van der Waals surface area contributed by atoms with Gasteiger partial charge in [0.2, 0.25) is 0 Å². The number of carboxylic acids is 1. The number of alkyl halides is 6. The van der Waals surface area contributed by atoms with Crippen LogP contribution in [-0.2, 0) is 20.8 Å². The number of hydrogen-bond donors (Lipinski definition) is 1. The van der Waals surface area contributed by atoms with Gasteiger partial charge in [-0.25, -0.2) is 14.6 Å². The molecule has 0 radical (unpaired) electrons. The number of ether oxygens (including phenoxy) is 2. The summed E-state index contributed by atoms with van der Waals surface area (Å²) < 4.78 is 82.4. The molecule has 4 heterocycles. The number of aromatic nitrogens is 2. The van der Waals surface area contributed by atoms with Crippen molar-refractivity contribution >= 4 is 23.0 Å². The van der Waals surface area contributed by atoms with Gasteiger partial charge in [-0.15, -0.1) is 0 Å². The van der Waals surface area contributed by atoms with Crippen LogP contribution in [0, 0.1) is 0 Å². The zero-order valence-electron chi connectivity index (χ0n) is 17.8. The summed E-state index contributed by atoms with van der Waals surface area (Å²) in [6.45, 7) is -0.0186. The third-order valence-corrected chi connectivity index (χ3v) is 5.56. The van der Waals surface area contributed by atoms with Gasteiger partial charge in [0.05, 0.1) is 18.8 Å². The first-order valence-electron chi connectivity index (χ1n) is 10.1. The van der Waals surface area contributed by atoms with Crippen molar-refractivity contribution in [2.45, 2.75) is 49.9 Å². The first kappa shape index (κ1) is 25.7. The van der Waals surface area contributed by atoms with Gasteiger partial charge in [0.1, 0.15) is 18.3 Å². The fourth-order valence-corrected chi connectivity index (χ4v) is 3.96. The summed E-state index contributed by atoms with van der Waals surface area (Å²) in [6, 6.07) is 3.55. The van der Waals surface area contributed by atoms with E-state index in [2.05, 4.69) is 9.88 Å². The van der Waals surface area contributed by atoms with Crippen LogP contribution in [0.25, 0.3) is 11.0 Å². The Morgan fingerprint density at radius 1 is 1.18 bits per heavy atom. The second-order valence-electron chi connectivity index (χ2n) is 7.97. The Balaban J connectivity index is 0.000000406. The van der Waals surface area contributed by atoms with Gasteiger partial charge in [-0.3, -0.25) is 4.90 Å². The highest BCUT2D eigenvalue weighted by Crippen LogP contribution is 2.30. The molecule has 2 aromatic heterocycles. The Bertz CT molecular complexity index is 1020. The molecule has 14 heteroatoms. The molecule has 34 heavy (non-hydrogen) atoms. The summed E-state index contributed by atoms with van der Waals surface area (Å²) in [4.78, 5) is 27.9. The van der Waals surface area contributed by atoms with E-state index in [-0.39, 0.29) is 29.4 Å². The lowest BCUT2D eigenvalue weighted by atomic mass is 9.92. The van der Waals surface area contributed by atoms with Crippen molar-refractivity contribution in [1.29, 1.82) is 0 Å². The molecule has 1 N–H and O–H groups in total. The maximum Gasteiger partial charge on any atom is 0.490 e. The fourth-order valence-electron chi connectivity index (χ4n) is 3.96. The minimum atomic E-state index is -5.08. The van der Waals surface area contributed by atoms with E-state index in [4.69, 9.17) is 19.4 Å². The normalized spacial score (nSPS) is 23.2. The third-order valence-electron chi connectivity index (χ3n) is 5.56. The number of rotatable bonds is 3. The highest BCUT2D eigenvalue weighted by Gasteiger charge is 2.39. The average molecular weight is 497 g/mol. The summed E-state index contributed by atoms with van der Waals surface area (Å²) in [5, 5.41) is 7.49. The molecule has 2 aliphatic heterocycles. The summed E-state index contributed by atoms with van der Waals surface area (Å²) in [5.74, 6) is -3.37. The van der Waals surface area contributed by atoms with Gasteiger partial charge in [-0.2, -0.15) is 26.3 Å². The van der Waals surface area contributed by atoms with Gasteiger partial charge in [0, 0.05) is 42.7 Å². The molecule has 0 saturated carbocycles. The number of hydrogen-bond acceptors (Lipinski definition) is 6. The van der Waals surface area contributed by atoms with Crippen LogP contribution in [0.1, 0.15) is 23.2 Å². The number of aliphatic carboxylic acids is 1. The monoisotopic (exact) mass is 497 g/mol. The number of carbonyl (C=O) groups excluding carboxylic acids is 1. The quantitative estimate of drug-likeness (QED) is 0.514. The number of carboxylic acid groups (broad SMARTS) is 1. The van der Waals surface area contributed by atoms with Crippen molar-refractivity contribution < 1.29 is 50.5 Å². The van der Waals surface area contributed by atoms with Gasteiger partial charge in [0.15, 0.2) is 0 Å². The molecule has 2 fully saturated rings. The van der Waals surface area contributed by atoms with Gasteiger partial charge < -0.3 is 19.1 Å². The summed E-state index contributed by atoms with van der Waals surface area (Å²) in [6.07, 6.45) is -5.87. The maximum absolute atomic E-state index is 12.8. The lowest BCUT2D eigenvalue weighted by Gasteiger charge is -2.46. The van der Waals surface area contributed by atoms with E-state index in [1.807, 2.05) is 7.05 Å². The van der Waals surface area contributed by atoms with Gasteiger partial charge in [0.25, 0.3) is 0 Å². The molecule has 0 spiro atoms. The molecule has 188 valence electrons. The predicted octanol–water partition coefficient (Wildman–Crippen LogP) is 3.25. The third kappa shape index (κ3) is 6.17. The Morgan fingerprint density at radius 3 is 2.29 bits per heavy atom. The van der Waals surface area contributed by atoms with Crippen LogP contribution >= 0.6 is 0 Å². The van der Waals surface area contributed by atoms with E-state index in [1.165, 1.54) is 12.4 Å². The van der Waals surface area contributed by atoms with E-state index < -0.39 is 30.8 Å². The number of pyridine rings is 1. The molecule has 2 aliphatic rings. The minimum absolute atomic E-state index is 0.114. The lowest BCUT2D eigenvalue weighted by molar-refractivity contribution is -0.192. The number of likely N-dealkylation sites (N-methyl/N-ethyl adjacent to an activating group) is 1. The number of carbonyl (C=O) groups is 2. The van der Waals surface area contributed by atoms with Crippen molar-refractivity contribution in [3.8, 4) is 0 Å². The number of piperidine rings is 1. The van der Waals surface area contributed by atoms with E-state index in [0.29, 0.717) is 31.4 Å². The Hall–Kier alpha value is -2.87. The second kappa shape index (κ2) is 9.78. The number of nitrogens with zero attached hydrogens (tertiary/aromatic N) is 3.